The van der Waals surface area contributed by atoms with Gasteiger partial charge in [0.15, 0.2) is 0 Å². The van der Waals surface area contributed by atoms with Gasteiger partial charge in [-0.3, -0.25) is 0 Å². The lowest BCUT2D eigenvalue weighted by Crippen LogP contribution is -2.53. The number of rotatable bonds is 4. The van der Waals surface area contributed by atoms with E-state index in [1.165, 1.54) is 4.31 Å². The summed E-state index contributed by atoms with van der Waals surface area (Å²) in [5, 5.41) is 0. The van der Waals surface area contributed by atoms with Gasteiger partial charge in [0.25, 0.3) is 0 Å². The molecule has 6 nitrogen and oxygen atoms in total. The molecule has 1 fully saturated rings. The molecule has 0 bridgehead atoms. The molecule has 21 heavy (non-hydrogen) atoms. The lowest BCUT2D eigenvalue weighted by Gasteiger charge is -2.40. The van der Waals surface area contributed by atoms with E-state index in [-0.39, 0.29) is 6.10 Å². The number of aryl methyl sites for hydroxylation is 1. The Hall–Kier alpha value is -0.890. The molecule has 2 N–H and O–H groups in total. The third-order valence-corrected chi connectivity index (χ3v) is 5.46. The van der Waals surface area contributed by atoms with Crippen molar-refractivity contribution in [3.05, 3.63) is 18.0 Å². The summed E-state index contributed by atoms with van der Waals surface area (Å²) >= 11 is 0. The maximum absolute atomic E-state index is 12.8. The van der Waals surface area contributed by atoms with E-state index in [0.29, 0.717) is 31.1 Å². The highest BCUT2D eigenvalue weighted by Gasteiger charge is 2.38. The van der Waals surface area contributed by atoms with Crippen LogP contribution in [0.4, 0.5) is 0 Å². The zero-order chi connectivity index (χ0) is 15.8. The molecule has 2 rings (SSSR count). The van der Waals surface area contributed by atoms with Crippen LogP contribution in [0.1, 0.15) is 33.4 Å². The Labute approximate surface area is 126 Å². The van der Waals surface area contributed by atoms with Crippen LogP contribution in [0.3, 0.4) is 0 Å². The molecule has 0 spiro atoms. The maximum Gasteiger partial charge on any atom is 0.244 e. The van der Waals surface area contributed by atoms with Crippen LogP contribution in [0, 0.1) is 0 Å². The molecule has 1 aromatic rings. The number of nitrogens with zero attached hydrogens (tertiary/aromatic N) is 2. The standard InChI is InChI=1S/C14H25N3O3S/c1-5-16-9-13(6-12(16)7-15)21(18,19)17-8-11(2)20-14(3,4)10-17/h6,9,11H,5,7-8,10,15H2,1-4H3. The summed E-state index contributed by atoms with van der Waals surface area (Å²) in [7, 11) is -3.51. The average Bonchev–Trinajstić information content (AvgIpc) is 2.80. The summed E-state index contributed by atoms with van der Waals surface area (Å²) < 4.78 is 34.8. The van der Waals surface area contributed by atoms with Crippen molar-refractivity contribution in [1.82, 2.24) is 8.87 Å². The van der Waals surface area contributed by atoms with Gasteiger partial charge in [0.1, 0.15) is 4.90 Å². The zero-order valence-corrected chi connectivity index (χ0v) is 14.0. The molecule has 0 saturated carbocycles. The van der Waals surface area contributed by atoms with Crippen molar-refractivity contribution in [2.45, 2.75) is 57.4 Å². The fourth-order valence-electron chi connectivity index (χ4n) is 2.86. The smallest absolute Gasteiger partial charge is 0.244 e. The van der Waals surface area contributed by atoms with Crippen LogP contribution < -0.4 is 5.73 Å². The highest BCUT2D eigenvalue weighted by Crippen LogP contribution is 2.27. The van der Waals surface area contributed by atoms with Gasteiger partial charge in [-0.25, -0.2) is 8.42 Å². The van der Waals surface area contributed by atoms with Gasteiger partial charge in [-0.05, 0) is 33.8 Å². The minimum atomic E-state index is -3.51. The van der Waals surface area contributed by atoms with Crippen LogP contribution in [0.2, 0.25) is 0 Å². The summed E-state index contributed by atoms with van der Waals surface area (Å²) in [5.41, 5.74) is 6.03. The molecular formula is C14H25N3O3S. The molecule has 0 aliphatic carbocycles. The van der Waals surface area contributed by atoms with Crippen molar-refractivity contribution in [1.29, 1.82) is 0 Å². The highest BCUT2D eigenvalue weighted by atomic mass is 32.2. The number of ether oxygens (including phenoxy) is 1. The van der Waals surface area contributed by atoms with E-state index in [1.54, 1.807) is 12.3 Å². The molecule has 1 unspecified atom stereocenters. The fourth-order valence-corrected chi connectivity index (χ4v) is 4.59. The average molecular weight is 315 g/mol. The largest absolute Gasteiger partial charge is 0.370 e. The van der Waals surface area contributed by atoms with E-state index < -0.39 is 15.6 Å². The van der Waals surface area contributed by atoms with Crippen molar-refractivity contribution in [2.24, 2.45) is 5.73 Å². The van der Waals surface area contributed by atoms with Crippen molar-refractivity contribution < 1.29 is 13.2 Å². The first-order chi connectivity index (χ1) is 9.69. The van der Waals surface area contributed by atoms with E-state index in [4.69, 9.17) is 10.5 Å². The fraction of sp³-hybridized carbons (Fsp3) is 0.714. The first-order valence-electron chi connectivity index (χ1n) is 7.26. The number of aromatic nitrogens is 1. The lowest BCUT2D eigenvalue weighted by molar-refractivity contribution is -0.109. The van der Waals surface area contributed by atoms with E-state index in [9.17, 15) is 8.42 Å². The number of sulfonamides is 1. The summed E-state index contributed by atoms with van der Waals surface area (Å²) in [6.45, 7) is 9.44. The molecular weight excluding hydrogens is 290 g/mol. The summed E-state index contributed by atoms with van der Waals surface area (Å²) in [6.07, 6.45) is 1.55. The molecule has 7 heteroatoms. The van der Waals surface area contributed by atoms with Crippen molar-refractivity contribution in [2.75, 3.05) is 13.1 Å². The number of nitrogens with two attached hydrogens (primary N) is 1. The normalized spacial score (nSPS) is 23.4. The summed E-state index contributed by atoms with van der Waals surface area (Å²) in [4.78, 5) is 0.315. The Morgan fingerprint density at radius 1 is 1.48 bits per heavy atom. The predicted octanol–water partition coefficient (Wildman–Crippen LogP) is 1.15. The van der Waals surface area contributed by atoms with Crippen molar-refractivity contribution >= 4 is 10.0 Å². The van der Waals surface area contributed by atoms with Crippen LogP contribution in [0.15, 0.2) is 17.2 Å². The zero-order valence-electron chi connectivity index (χ0n) is 13.2. The van der Waals surface area contributed by atoms with Gasteiger partial charge in [-0.2, -0.15) is 4.31 Å². The minimum Gasteiger partial charge on any atom is -0.370 e. The Balaban J connectivity index is 2.35. The first kappa shape index (κ1) is 16.5. The summed E-state index contributed by atoms with van der Waals surface area (Å²) in [6, 6.07) is 1.67. The molecule has 120 valence electrons. The van der Waals surface area contributed by atoms with Gasteiger partial charge >= 0.3 is 0 Å². The first-order valence-corrected chi connectivity index (χ1v) is 8.70. The molecule has 0 aromatic carbocycles. The van der Waals surface area contributed by atoms with Crippen LogP contribution in [0.5, 0.6) is 0 Å². The van der Waals surface area contributed by atoms with Crippen molar-refractivity contribution in [3.63, 3.8) is 0 Å². The third-order valence-electron chi connectivity index (χ3n) is 3.69. The van der Waals surface area contributed by atoms with Gasteiger partial charge in [0, 0.05) is 38.1 Å². The molecule has 1 aliphatic rings. The van der Waals surface area contributed by atoms with Crippen molar-refractivity contribution in [3.8, 4) is 0 Å². The van der Waals surface area contributed by atoms with E-state index >= 15 is 0 Å². The third kappa shape index (κ3) is 3.31. The molecule has 0 amide bonds. The van der Waals surface area contributed by atoms with Crippen LogP contribution >= 0.6 is 0 Å². The van der Waals surface area contributed by atoms with E-state index in [1.807, 2.05) is 32.3 Å². The number of morpholine rings is 1. The Morgan fingerprint density at radius 2 is 2.14 bits per heavy atom. The molecule has 1 aliphatic heterocycles. The molecule has 1 saturated heterocycles. The SMILES string of the molecule is CCn1cc(S(=O)(=O)N2CC(C)OC(C)(C)C2)cc1CN. The van der Waals surface area contributed by atoms with E-state index in [0.717, 1.165) is 5.69 Å². The van der Waals surface area contributed by atoms with E-state index in [2.05, 4.69) is 0 Å². The molecule has 1 atom stereocenters. The van der Waals surface area contributed by atoms with Crippen LogP contribution in [-0.4, -0.2) is 42.1 Å². The molecule has 1 aromatic heterocycles. The second-order valence-corrected chi connectivity index (χ2v) is 8.08. The quantitative estimate of drug-likeness (QED) is 0.904. The highest BCUT2D eigenvalue weighted by molar-refractivity contribution is 7.89. The Bertz CT molecular complexity index is 585. The molecule has 0 radical (unpaired) electrons. The Kier molecular flexibility index (Phi) is 4.49. The van der Waals surface area contributed by atoms with Crippen LogP contribution in [0.25, 0.3) is 0 Å². The summed E-state index contributed by atoms with van der Waals surface area (Å²) in [5.74, 6) is 0. The number of hydrogen-bond donors (Lipinski definition) is 1. The molecule has 2 heterocycles. The monoisotopic (exact) mass is 315 g/mol. The van der Waals surface area contributed by atoms with Gasteiger partial charge in [0.05, 0.1) is 11.7 Å². The lowest BCUT2D eigenvalue weighted by atomic mass is 10.1. The van der Waals surface area contributed by atoms with Gasteiger partial charge in [-0.15, -0.1) is 0 Å². The maximum atomic E-state index is 12.8. The number of hydrogen-bond acceptors (Lipinski definition) is 4. The topological polar surface area (TPSA) is 77.6 Å². The second kappa shape index (κ2) is 5.72. The second-order valence-electron chi connectivity index (χ2n) is 6.14. The minimum absolute atomic E-state index is 0.120. The Morgan fingerprint density at radius 3 is 2.62 bits per heavy atom. The van der Waals surface area contributed by atoms with Crippen LogP contribution in [-0.2, 0) is 27.8 Å². The predicted molar refractivity (Wildman–Crippen MR) is 81.4 cm³/mol. The van der Waals surface area contributed by atoms with Gasteiger partial charge in [-0.1, -0.05) is 0 Å². The van der Waals surface area contributed by atoms with Gasteiger partial charge < -0.3 is 15.0 Å². The van der Waals surface area contributed by atoms with Gasteiger partial charge in [0.2, 0.25) is 10.0 Å².